The highest BCUT2D eigenvalue weighted by Gasteiger charge is 2.15. The highest BCUT2D eigenvalue weighted by molar-refractivity contribution is 5.33. The van der Waals surface area contributed by atoms with E-state index in [0.29, 0.717) is 12.1 Å². The summed E-state index contributed by atoms with van der Waals surface area (Å²) in [6.45, 7) is 6.97. The van der Waals surface area contributed by atoms with Crippen LogP contribution >= 0.6 is 0 Å². The second-order valence-electron chi connectivity index (χ2n) is 4.95. The number of benzene rings is 1. The van der Waals surface area contributed by atoms with Crippen LogP contribution in [0.3, 0.4) is 0 Å². The van der Waals surface area contributed by atoms with E-state index in [1.54, 1.807) is 6.07 Å². The van der Waals surface area contributed by atoms with E-state index < -0.39 is 0 Å². The fourth-order valence-electron chi connectivity index (χ4n) is 1.87. The molecule has 0 saturated heterocycles. The Morgan fingerprint density at radius 1 is 1.35 bits per heavy atom. The van der Waals surface area contributed by atoms with Crippen molar-refractivity contribution >= 4 is 0 Å². The van der Waals surface area contributed by atoms with Crippen molar-refractivity contribution in [1.29, 1.82) is 5.26 Å². The Balaban J connectivity index is 2.70. The van der Waals surface area contributed by atoms with E-state index in [0.717, 1.165) is 18.4 Å². The summed E-state index contributed by atoms with van der Waals surface area (Å²) in [5.41, 5.74) is 1.22. The van der Waals surface area contributed by atoms with Crippen LogP contribution in [0.4, 0.5) is 4.39 Å². The third-order valence-electron chi connectivity index (χ3n) is 2.73. The van der Waals surface area contributed by atoms with E-state index in [-0.39, 0.29) is 11.4 Å². The lowest BCUT2D eigenvalue weighted by Crippen LogP contribution is -2.38. The summed E-state index contributed by atoms with van der Waals surface area (Å²) in [5, 5.41) is 12.1. The van der Waals surface area contributed by atoms with Gasteiger partial charge < -0.3 is 5.32 Å². The van der Waals surface area contributed by atoms with Gasteiger partial charge in [-0.2, -0.15) is 5.26 Å². The SMILES string of the molecule is CCCC(C)(C)NCc1cc(F)cc(C#N)c1. The predicted molar refractivity (Wildman–Crippen MR) is 66.9 cm³/mol. The molecule has 0 fully saturated rings. The van der Waals surface area contributed by atoms with Crippen LogP contribution in [0, 0.1) is 17.1 Å². The van der Waals surface area contributed by atoms with E-state index in [1.165, 1.54) is 12.1 Å². The molecule has 0 amide bonds. The van der Waals surface area contributed by atoms with Gasteiger partial charge in [-0.05, 0) is 44.0 Å². The molecule has 0 unspecified atom stereocenters. The third-order valence-corrected chi connectivity index (χ3v) is 2.73. The first-order chi connectivity index (χ1) is 7.96. The number of nitriles is 1. The van der Waals surface area contributed by atoms with Crippen molar-refractivity contribution in [1.82, 2.24) is 5.32 Å². The van der Waals surface area contributed by atoms with Gasteiger partial charge in [-0.25, -0.2) is 4.39 Å². The number of hydrogen-bond acceptors (Lipinski definition) is 2. The number of nitrogens with zero attached hydrogens (tertiary/aromatic N) is 1. The van der Waals surface area contributed by atoms with E-state index in [2.05, 4.69) is 26.1 Å². The van der Waals surface area contributed by atoms with Gasteiger partial charge in [0.2, 0.25) is 0 Å². The Hall–Kier alpha value is -1.40. The Morgan fingerprint density at radius 2 is 2.06 bits per heavy atom. The first-order valence-corrected chi connectivity index (χ1v) is 5.91. The van der Waals surface area contributed by atoms with Crippen LogP contribution in [0.2, 0.25) is 0 Å². The van der Waals surface area contributed by atoms with Crippen LogP contribution < -0.4 is 5.32 Å². The lowest BCUT2D eigenvalue weighted by Gasteiger charge is -2.26. The minimum atomic E-state index is -0.353. The molecule has 0 aliphatic carbocycles. The van der Waals surface area contributed by atoms with Gasteiger partial charge in [0.25, 0.3) is 0 Å². The molecule has 2 nitrogen and oxygen atoms in total. The molecular formula is C14H19FN2. The fourth-order valence-corrected chi connectivity index (χ4v) is 1.87. The molecule has 92 valence electrons. The molecule has 1 aromatic rings. The van der Waals surface area contributed by atoms with Crippen molar-refractivity contribution < 1.29 is 4.39 Å². The topological polar surface area (TPSA) is 35.8 Å². The summed E-state index contributed by atoms with van der Waals surface area (Å²) >= 11 is 0. The highest BCUT2D eigenvalue weighted by atomic mass is 19.1. The monoisotopic (exact) mass is 234 g/mol. The number of rotatable bonds is 5. The van der Waals surface area contributed by atoms with Crippen LogP contribution in [-0.2, 0) is 6.54 Å². The molecule has 0 saturated carbocycles. The van der Waals surface area contributed by atoms with Gasteiger partial charge in [0.1, 0.15) is 5.82 Å². The molecular weight excluding hydrogens is 215 g/mol. The number of nitrogens with one attached hydrogen (secondary N) is 1. The first-order valence-electron chi connectivity index (χ1n) is 5.91. The van der Waals surface area contributed by atoms with Crippen molar-refractivity contribution in [2.45, 2.75) is 45.7 Å². The largest absolute Gasteiger partial charge is 0.308 e. The van der Waals surface area contributed by atoms with E-state index in [9.17, 15) is 4.39 Å². The lowest BCUT2D eigenvalue weighted by atomic mass is 9.98. The molecule has 0 atom stereocenters. The molecule has 1 N–H and O–H groups in total. The minimum Gasteiger partial charge on any atom is -0.308 e. The average Bonchev–Trinajstić information content (AvgIpc) is 2.26. The minimum absolute atomic E-state index is 0.0356. The van der Waals surface area contributed by atoms with Crippen LogP contribution in [0.5, 0.6) is 0 Å². The van der Waals surface area contributed by atoms with E-state index >= 15 is 0 Å². The normalized spacial score (nSPS) is 11.2. The summed E-state index contributed by atoms with van der Waals surface area (Å²) in [5.74, 6) is -0.353. The van der Waals surface area contributed by atoms with Crippen molar-refractivity contribution in [3.63, 3.8) is 0 Å². The van der Waals surface area contributed by atoms with Gasteiger partial charge in [-0.15, -0.1) is 0 Å². The summed E-state index contributed by atoms with van der Waals surface area (Å²) in [4.78, 5) is 0. The van der Waals surface area contributed by atoms with Crippen LogP contribution in [-0.4, -0.2) is 5.54 Å². The molecule has 0 aromatic heterocycles. The van der Waals surface area contributed by atoms with E-state index in [4.69, 9.17) is 5.26 Å². The maximum Gasteiger partial charge on any atom is 0.124 e. The molecule has 0 heterocycles. The van der Waals surface area contributed by atoms with Gasteiger partial charge in [-0.3, -0.25) is 0 Å². The van der Waals surface area contributed by atoms with Crippen LogP contribution in [0.25, 0.3) is 0 Å². The van der Waals surface area contributed by atoms with Gasteiger partial charge >= 0.3 is 0 Å². The van der Waals surface area contributed by atoms with Crippen molar-refractivity contribution in [2.75, 3.05) is 0 Å². The van der Waals surface area contributed by atoms with Crippen LogP contribution in [0.15, 0.2) is 18.2 Å². The molecule has 17 heavy (non-hydrogen) atoms. The molecule has 0 aliphatic rings. The Morgan fingerprint density at radius 3 is 2.65 bits per heavy atom. The number of hydrogen-bond donors (Lipinski definition) is 1. The first kappa shape index (κ1) is 13.7. The molecule has 1 rings (SSSR count). The Labute approximate surface area is 102 Å². The van der Waals surface area contributed by atoms with Crippen molar-refractivity contribution in [3.8, 4) is 6.07 Å². The van der Waals surface area contributed by atoms with Crippen LogP contribution in [0.1, 0.15) is 44.7 Å². The maximum absolute atomic E-state index is 13.2. The quantitative estimate of drug-likeness (QED) is 0.848. The lowest BCUT2D eigenvalue weighted by molar-refractivity contribution is 0.356. The highest BCUT2D eigenvalue weighted by Crippen LogP contribution is 2.13. The molecule has 3 heteroatoms. The van der Waals surface area contributed by atoms with Gasteiger partial charge in [-0.1, -0.05) is 13.3 Å². The molecule has 0 radical (unpaired) electrons. The Bertz CT molecular complexity index is 419. The maximum atomic E-state index is 13.2. The van der Waals surface area contributed by atoms with Crippen molar-refractivity contribution in [2.24, 2.45) is 0 Å². The zero-order valence-corrected chi connectivity index (χ0v) is 10.7. The second-order valence-corrected chi connectivity index (χ2v) is 4.95. The zero-order chi connectivity index (χ0) is 12.9. The van der Waals surface area contributed by atoms with Gasteiger partial charge in [0.05, 0.1) is 11.6 Å². The summed E-state index contributed by atoms with van der Waals surface area (Å²) in [7, 11) is 0. The van der Waals surface area contributed by atoms with Crippen molar-refractivity contribution in [3.05, 3.63) is 35.1 Å². The number of halogens is 1. The summed E-state index contributed by atoms with van der Waals surface area (Å²) in [6.07, 6.45) is 2.17. The Kier molecular flexibility index (Phi) is 4.65. The van der Waals surface area contributed by atoms with Gasteiger partial charge in [0, 0.05) is 12.1 Å². The molecule has 0 bridgehead atoms. The molecule has 0 aliphatic heterocycles. The predicted octanol–water partition coefficient (Wildman–Crippen LogP) is 3.37. The summed E-state index contributed by atoms with van der Waals surface area (Å²) < 4.78 is 13.2. The standard InChI is InChI=1S/C14H19FN2/c1-4-5-14(2,3)17-10-12-6-11(9-16)7-13(15)8-12/h6-8,17H,4-5,10H2,1-3H3. The third kappa shape index (κ3) is 4.54. The second kappa shape index (κ2) is 5.79. The zero-order valence-electron chi connectivity index (χ0n) is 10.7. The van der Waals surface area contributed by atoms with Gasteiger partial charge in [0.15, 0.2) is 0 Å². The van der Waals surface area contributed by atoms with E-state index in [1.807, 2.05) is 6.07 Å². The smallest absolute Gasteiger partial charge is 0.124 e. The molecule has 1 aromatic carbocycles. The summed E-state index contributed by atoms with van der Waals surface area (Å²) in [6, 6.07) is 6.40. The fraction of sp³-hybridized carbons (Fsp3) is 0.500. The average molecular weight is 234 g/mol. The molecule has 0 spiro atoms.